The molecule has 0 aliphatic rings. The van der Waals surface area contributed by atoms with Crippen molar-refractivity contribution in [1.29, 1.82) is 0 Å². The third-order valence-corrected chi connectivity index (χ3v) is 5.17. The van der Waals surface area contributed by atoms with E-state index in [1.165, 1.54) is 11.3 Å². The molecule has 0 radical (unpaired) electrons. The van der Waals surface area contributed by atoms with Gasteiger partial charge in [0.25, 0.3) is 0 Å². The molecule has 2 aromatic rings. The molecule has 0 fully saturated rings. The van der Waals surface area contributed by atoms with Crippen LogP contribution in [0.1, 0.15) is 16.3 Å². The van der Waals surface area contributed by atoms with Gasteiger partial charge in [-0.05, 0) is 13.0 Å². The van der Waals surface area contributed by atoms with Crippen LogP contribution < -0.4 is 10.5 Å². The van der Waals surface area contributed by atoms with Gasteiger partial charge in [0.05, 0.1) is 16.1 Å². The molecular weight excluding hydrogens is 284 g/mol. The number of hydrogen-bond donors (Lipinski definition) is 2. The van der Waals surface area contributed by atoms with E-state index in [1.807, 2.05) is 6.92 Å². The molecule has 0 spiro atoms. The van der Waals surface area contributed by atoms with E-state index in [2.05, 4.69) is 9.71 Å². The summed E-state index contributed by atoms with van der Waals surface area (Å²) in [5.74, 6) is 0. The van der Waals surface area contributed by atoms with Gasteiger partial charge in [0, 0.05) is 36.9 Å². The van der Waals surface area contributed by atoms with E-state index in [4.69, 9.17) is 5.73 Å². The predicted octanol–water partition coefficient (Wildman–Crippen LogP) is 0.727. The highest BCUT2D eigenvalue weighted by Gasteiger charge is 2.17. The van der Waals surface area contributed by atoms with Gasteiger partial charge in [-0.25, -0.2) is 18.1 Å². The van der Waals surface area contributed by atoms with Crippen LogP contribution in [0.25, 0.3) is 0 Å². The first-order valence-corrected chi connectivity index (χ1v) is 8.04. The van der Waals surface area contributed by atoms with Crippen LogP contribution in [0.4, 0.5) is 0 Å². The lowest BCUT2D eigenvalue weighted by Gasteiger charge is -2.03. The Morgan fingerprint density at radius 3 is 2.79 bits per heavy atom. The summed E-state index contributed by atoms with van der Waals surface area (Å²) in [6.45, 7) is 2.42. The molecule has 0 amide bonds. The van der Waals surface area contributed by atoms with E-state index in [1.54, 1.807) is 29.4 Å². The third kappa shape index (κ3) is 3.03. The van der Waals surface area contributed by atoms with Crippen LogP contribution in [-0.4, -0.2) is 18.0 Å². The molecule has 0 saturated heterocycles. The van der Waals surface area contributed by atoms with E-state index in [0.717, 1.165) is 16.3 Å². The Hall–Kier alpha value is -1.22. The van der Waals surface area contributed by atoms with E-state index in [0.29, 0.717) is 6.54 Å². The van der Waals surface area contributed by atoms with E-state index < -0.39 is 10.0 Å². The van der Waals surface area contributed by atoms with Crippen molar-refractivity contribution in [3.63, 3.8) is 0 Å². The first kappa shape index (κ1) is 14.2. The van der Waals surface area contributed by atoms with Crippen LogP contribution in [-0.2, 0) is 30.2 Å². The summed E-state index contributed by atoms with van der Waals surface area (Å²) in [5, 5.41) is 0. The van der Waals surface area contributed by atoms with Crippen LogP contribution in [0.15, 0.2) is 22.7 Å². The fourth-order valence-corrected chi connectivity index (χ4v) is 3.56. The van der Waals surface area contributed by atoms with Crippen molar-refractivity contribution in [1.82, 2.24) is 14.3 Å². The van der Waals surface area contributed by atoms with Crippen molar-refractivity contribution in [3.05, 3.63) is 34.0 Å². The number of hydrogen-bond acceptors (Lipinski definition) is 5. The summed E-state index contributed by atoms with van der Waals surface area (Å²) < 4.78 is 28.6. The molecule has 104 valence electrons. The maximum absolute atomic E-state index is 12.1. The monoisotopic (exact) mass is 300 g/mol. The smallest absolute Gasteiger partial charge is 0.242 e. The van der Waals surface area contributed by atoms with E-state index in [-0.39, 0.29) is 11.4 Å². The van der Waals surface area contributed by atoms with Crippen LogP contribution >= 0.6 is 11.3 Å². The molecule has 2 aromatic heterocycles. The topological polar surface area (TPSA) is 90.0 Å². The molecule has 2 heterocycles. The Bertz CT molecular complexity index is 673. The van der Waals surface area contributed by atoms with Gasteiger partial charge in [-0.15, -0.1) is 11.3 Å². The second-order valence-corrected chi connectivity index (χ2v) is 6.87. The highest BCUT2D eigenvalue weighted by atomic mass is 32.2. The number of thiazole rings is 1. The van der Waals surface area contributed by atoms with Gasteiger partial charge in [-0.2, -0.15) is 0 Å². The Balaban J connectivity index is 2.16. The Morgan fingerprint density at radius 2 is 2.26 bits per heavy atom. The number of nitrogens with zero attached hydrogens (tertiary/aromatic N) is 2. The molecule has 8 heteroatoms. The second-order valence-electron chi connectivity index (χ2n) is 4.17. The highest BCUT2D eigenvalue weighted by molar-refractivity contribution is 7.89. The third-order valence-electron chi connectivity index (χ3n) is 2.87. The SMILES string of the molecule is Cc1ncsc1CNS(=O)(=O)c1cc(CN)n(C)c1. The van der Waals surface area contributed by atoms with Crippen LogP contribution in [0.5, 0.6) is 0 Å². The molecule has 0 aliphatic carbocycles. The van der Waals surface area contributed by atoms with Crippen LogP contribution in [0.2, 0.25) is 0 Å². The van der Waals surface area contributed by atoms with Gasteiger partial charge in [-0.1, -0.05) is 0 Å². The van der Waals surface area contributed by atoms with Crippen LogP contribution in [0, 0.1) is 6.92 Å². The fourth-order valence-electron chi connectivity index (χ4n) is 1.67. The largest absolute Gasteiger partial charge is 0.352 e. The average Bonchev–Trinajstić information content (AvgIpc) is 2.93. The number of nitrogens with one attached hydrogen (secondary N) is 1. The number of sulfonamides is 1. The van der Waals surface area contributed by atoms with Crippen LogP contribution in [0.3, 0.4) is 0 Å². The van der Waals surface area contributed by atoms with E-state index in [9.17, 15) is 8.42 Å². The van der Waals surface area contributed by atoms with E-state index >= 15 is 0 Å². The van der Waals surface area contributed by atoms with Crippen molar-refractivity contribution in [2.45, 2.75) is 24.9 Å². The summed E-state index contributed by atoms with van der Waals surface area (Å²) >= 11 is 1.44. The maximum Gasteiger partial charge on any atom is 0.242 e. The van der Waals surface area contributed by atoms with Crippen molar-refractivity contribution in [3.8, 4) is 0 Å². The lowest BCUT2D eigenvalue weighted by molar-refractivity contribution is 0.581. The second kappa shape index (κ2) is 5.41. The average molecular weight is 300 g/mol. The Kier molecular flexibility index (Phi) is 4.04. The molecule has 0 bridgehead atoms. The molecule has 0 unspecified atom stereocenters. The summed E-state index contributed by atoms with van der Waals surface area (Å²) in [7, 11) is -1.74. The number of aryl methyl sites for hydroxylation is 2. The van der Waals surface area contributed by atoms with Gasteiger partial charge >= 0.3 is 0 Å². The van der Waals surface area contributed by atoms with Crippen molar-refractivity contribution in [2.75, 3.05) is 0 Å². The number of nitrogens with two attached hydrogens (primary N) is 1. The molecule has 0 saturated carbocycles. The first-order chi connectivity index (χ1) is 8.94. The fraction of sp³-hybridized carbons (Fsp3) is 0.364. The lowest BCUT2D eigenvalue weighted by Crippen LogP contribution is -2.22. The first-order valence-electron chi connectivity index (χ1n) is 5.68. The summed E-state index contributed by atoms with van der Waals surface area (Å²) in [4.78, 5) is 5.23. The lowest BCUT2D eigenvalue weighted by atomic mass is 10.4. The number of rotatable bonds is 5. The van der Waals surface area contributed by atoms with Gasteiger partial charge in [0.1, 0.15) is 0 Å². The zero-order valence-corrected chi connectivity index (χ0v) is 12.4. The molecule has 0 atom stereocenters. The molecular formula is C11H16N4O2S2. The molecule has 19 heavy (non-hydrogen) atoms. The summed E-state index contributed by atoms with van der Waals surface area (Å²) in [6, 6.07) is 1.59. The molecule has 6 nitrogen and oxygen atoms in total. The maximum atomic E-state index is 12.1. The minimum atomic E-state index is -3.51. The van der Waals surface area contributed by atoms with Crippen molar-refractivity contribution in [2.24, 2.45) is 12.8 Å². The Morgan fingerprint density at radius 1 is 1.53 bits per heavy atom. The number of aromatic nitrogens is 2. The zero-order valence-electron chi connectivity index (χ0n) is 10.8. The normalized spacial score (nSPS) is 11.9. The van der Waals surface area contributed by atoms with Gasteiger partial charge in [-0.3, -0.25) is 0 Å². The van der Waals surface area contributed by atoms with Gasteiger partial charge in [0.15, 0.2) is 0 Å². The molecule has 2 rings (SSSR count). The molecule has 0 aliphatic heterocycles. The van der Waals surface area contributed by atoms with Gasteiger partial charge in [0.2, 0.25) is 10.0 Å². The van der Waals surface area contributed by atoms with Crippen molar-refractivity contribution >= 4 is 21.4 Å². The zero-order chi connectivity index (χ0) is 14.0. The van der Waals surface area contributed by atoms with Gasteiger partial charge < -0.3 is 10.3 Å². The quantitative estimate of drug-likeness (QED) is 0.851. The standard InChI is InChI=1S/C11H16N4O2S2/c1-8-11(18-7-13-8)5-14-19(16,17)10-3-9(4-12)15(2)6-10/h3,6-7,14H,4-5,12H2,1-2H3. The summed E-state index contributed by atoms with van der Waals surface area (Å²) in [5.41, 5.74) is 8.86. The minimum absolute atomic E-state index is 0.234. The predicted molar refractivity (Wildman–Crippen MR) is 74.2 cm³/mol. The van der Waals surface area contributed by atoms with Crippen molar-refractivity contribution < 1.29 is 8.42 Å². The summed E-state index contributed by atoms with van der Waals surface area (Å²) in [6.07, 6.45) is 1.56. The highest BCUT2D eigenvalue weighted by Crippen LogP contribution is 2.16. The minimum Gasteiger partial charge on any atom is -0.352 e. The molecule has 3 N–H and O–H groups in total. The Labute approximate surface area is 116 Å². The molecule has 0 aromatic carbocycles.